The summed E-state index contributed by atoms with van der Waals surface area (Å²) in [5, 5.41) is 23.4. The number of hydrogen-bond donors (Lipinski definition) is 3. The quantitative estimate of drug-likeness (QED) is 0.380. The third kappa shape index (κ3) is 4.47. The Hall–Kier alpha value is -2.99. The maximum Gasteiger partial charge on any atom is 0.255 e. The lowest BCUT2D eigenvalue weighted by molar-refractivity contribution is -0.234. The van der Waals surface area contributed by atoms with Crippen LogP contribution < -0.4 is 5.32 Å². The maximum absolute atomic E-state index is 13.6. The molecule has 1 amide bonds. The summed E-state index contributed by atoms with van der Waals surface area (Å²) < 4.78 is 67.4. The van der Waals surface area contributed by atoms with Crippen LogP contribution in [0.3, 0.4) is 0 Å². The Morgan fingerprint density at radius 1 is 1.03 bits per heavy atom. The molecular formula is C26H22ClF3N2O5S. The van der Waals surface area contributed by atoms with Crippen LogP contribution in [0.1, 0.15) is 41.4 Å². The Morgan fingerprint density at radius 2 is 1.74 bits per heavy atom. The van der Waals surface area contributed by atoms with E-state index in [0.29, 0.717) is 6.42 Å². The van der Waals surface area contributed by atoms with Crippen molar-refractivity contribution in [3.8, 4) is 0 Å². The van der Waals surface area contributed by atoms with Crippen molar-refractivity contribution in [2.45, 2.75) is 41.1 Å². The predicted molar refractivity (Wildman–Crippen MR) is 132 cm³/mol. The topological polar surface area (TPSA) is 117 Å². The molecule has 3 N–H and O–H groups in total. The van der Waals surface area contributed by atoms with Crippen LogP contribution >= 0.6 is 11.6 Å². The fourth-order valence-corrected chi connectivity index (χ4v) is 7.93. The second-order valence-corrected chi connectivity index (χ2v) is 12.3. The molecular weight excluding hydrogens is 545 g/mol. The molecule has 2 unspecified atom stereocenters. The minimum Gasteiger partial charge on any atom is -0.386 e. The Morgan fingerprint density at radius 3 is 2.39 bits per heavy atom. The van der Waals surface area contributed by atoms with Crippen LogP contribution in [0.4, 0.5) is 18.9 Å². The van der Waals surface area contributed by atoms with Crippen molar-refractivity contribution in [1.82, 2.24) is 4.98 Å². The Balaban J connectivity index is 1.36. The van der Waals surface area contributed by atoms with Crippen LogP contribution in [0, 0.1) is 29.4 Å². The summed E-state index contributed by atoms with van der Waals surface area (Å²) in [6.07, 6.45) is -0.969. The van der Waals surface area contributed by atoms with E-state index in [9.17, 15) is 36.6 Å². The van der Waals surface area contributed by atoms with Gasteiger partial charge in [0.1, 0.15) is 11.7 Å². The standard InChI is InChI=1S/C26H22ClF3N2O5S/c27-18-6-4-13(25(34)31-16-5-7-19(28)20(29)12-16)8-22(18)38(36,37)17-10-14-9-15(11-17)26(14,35)24(33)21-2-1-3-23(30)32-21/h1-8,12,14-15,17,24,33,35H,9-11H2,(H,31,34)/t14?,15?,17?,24-,26?/m0/s1. The fraction of sp³-hybridized carbons (Fsp3) is 0.308. The Bertz CT molecular complexity index is 1530. The number of halogens is 4. The molecule has 3 aromatic rings. The van der Waals surface area contributed by atoms with Gasteiger partial charge in [-0.2, -0.15) is 4.39 Å². The summed E-state index contributed by atoms with van der Waals surface area (Å²) in [6.45, 7) is 0. The van der Waals surface area contributed by atoms with Gasteiger partial charge in [0.05, 0.1) is 20.9 Å². The van der Waals surface area contributed by atoms with E-state index in [0.717, 1.165) is 30.3 Å². The van der Waals surface area contributed by atoms with Gasteiger partial charge < -0.3 is 15.5 Å². The Kier molecular flexibility index (Phi) is 6.75. The minimum absolute atomic E-state index is 0.0172. The first-order valence-electron chi connectivity index (χ1n) is 11.7. The molecule has 12 heteroatoms. The van der Waals surface area contributed by atoms with Gasteiger partial charge in [-0.1, -0.05) is 17.7 Å². The van der Waals surface area contributed by atoms with Crippen molar-refractivity contribution in [3.63, 3.8) is 0 Å². The minimum atomic E-state index is -4.07. The lowest BCUT2D eigenvalue weighted by Crippen LogP contribution is -2.64. The number of carbonyl (C=O) groups excluding carboxylic acids is 1. The number of benzene rings is 2. The molecule has 0 saturated heterocycles. The molecule has 3 saturated carbocycles. The summed E-state index contributed by atoms with van der Waals surface area (Å²) in [5.41, 5.74) is -1.77. The van der Waals surface area contributed by atoms with Crippen molar-refractivity contribution in [3.05, 3.63) is 88.5 Å². The number of rotatable bonds is 6. The first-order valence-corrected chi connectivity index (χ1v) is 13.7. The van der Waals surface area contributed by atoms with E-state index >= 15 is 0 Å². The van der Waals surface area contributed by atoms with Gasteiger partial charge in [-0.3, -0.25) is 4.79 Å². The zero-order chi connectivity index (χ0) is 27.4. The van der Waals surface area contributed by atoms with Crippen LogP contribution in [0.5, 0.6) is 0 Å². The molecule has 6 rings (SSSR count). The average Bonchev–Trinajstić information content (AvgIpc) is 2.90. The second kappa shape index (κ2) is 9.64. The van der Waals surface area contributed by atoms with Crippen LogP contribution in [0.25, 0.3) is 0 Å². The molecule has 1 heterocycles. The number of pyridine rings is 1. The Labute approximate surface area is 221 Å². The molecule has 2 aromatic carbocycles. The molecule has 1 aromatic heterocycles. The highest BCUT2D eigenvalue weighted by atomic mass is 35.5. The number of hydrogen-bond acceptors (Lipinski definition) is 6. The third-order valence-corrected chi connectivity index (χ3v) is 10.2. The summed E-state index contributed by atoms with van der Waals surface area (Å²) in [4.78, 5) is 16.1. The van der Waals surface area contributed by atoms with Crippen LogP contribution in [0.2, 0.25) is 5.02 Å². The number of amides is 1. The van der Waals surface area contributed by atoms with Gasteiger partial charge in [0.15, 0.2) is 21.5 Å². The number of carbonyl (C=O) groups is 1. The number of aliphatic hydroxyl groups excluding tert-OH is 1. The van der Waals surface area contributed by atoms with E-state index < -0.39 is 62.1 Å². The molecule has 0 spiro atoms. The van der Waals surface area contributed by atoms with Gasteiger partial charge in [0.2, 0.25) is 5.95 Å². The van der Waals surface area contributed by atoms with Gasteiger partial charge in [-0.15, -0.1) is 0 Å². The van der Waals surface area contributed by atoms with Crippen molar-refractivity contribution in [1.29, 1.82) is 0 Å². The largest absolute Gasteiger partial charge is 0.386 e. The molecule has 38 heavy (non-hydrogen) atoms. The van der Waals surface area contributed by atoms with Gasteiger partial charge in [-0.25, -0.2) is 22.2 Å². The number of nitrogens with one attached hydrogen (secondary N) is 1. The van der Waals surface area contributed by atoms with E-state index in [1.54, 1.807) is 0 Å². The van der Waals surface area contributed by atoms with Crippen LogP contribution in [-0.2, 0) is 9.84 Å². The summed E-state index contributed by atoms with van der Waals surface area (Å²) in [5.74, 6) is -4.97. The monoisotopic (exact) mass is 566 g/mol. The van der Waals surface area contributed by atoms with Crippen LogP contribution in [-0.4, -0.2) is 40.4 Å². The number of sulfone groups is 1. The average molecular weight is 567 g/mol. The van der Waals surface area contributed by atoms with E-state index in [4.69, 9.17) is 11.6 Å². The van der Waals surface area contributed by atoms with E-state index in [2.05, 4.69) is 10.3 Å². The molecule has 0 radical (unpaired) electrons. The van der Waals surface area contributed by atoms with Crippen molar-refractivity contribution >= 4 is 33.0 Å². The summed E-state index contributed by atoms with van der Waals surface area (Å²) in [7, 11) is -4.07. The van der Waals surface area contributed by atoms with E-state index in [1.165, 1.54) is 24.3 Å². The lowest BCUT2D eigenvalue weighted by atomic mass is 9.51. The predicted octanol–water partition coefficient (Wildman–Crippen LogP) is 4.44. The van der Waals surface area contributed by atoms with Crippen molar-refractivity contribution < 1.29 is 36.6 Å². The molecule has 3 aliphatic carbocycles. The molecule has 3 aliphatic rings. The first kappa shape index (κ1) is 26.6. The molecule has 200 valence electrons. The van der Waals surface area contributed by atoms with E-state index in [-0.39, 0.29) is 39.7 Å². The van der Waals surface area contributed by atoms with Gasteiger partial charge in [0, 0.05) is 17.3 Å². The van der Waals surface area contributed by atoms with Crippen LogP contribution in [0.15, 0.2) is 59.5 Å². The molecule has 3 atom stereocenters. The number of nitrogens with zero attached hydrogens (tertiary/aromatic N) is 1. The zero-order valence-electron chi connectivity index (χ0n) is 19.6. The lowest BCUT2D eigenvalue weighted by Gasteiger charge is -2.59. The molecule has 7 nitrogen and oxygen atoms in total. The second-order valence-electron chi connectivity index (χ2n) is 9.67. The first-order chi connectivity index (χ1) is 17.9. The summed E-state index contributed by atoms with van der Waals surface area (Å²) in [6, 6.07) is 10.3. The highest BCUT2D eigenvalue weighted by molar-refractivity contribution is 7.92. The van der Waals surface area contributed by atoms with Crippen molar-refractivity contribution in [2.24, 2.45) is 11.8 Å². The smallest absolute Gasteiger partial charge is 0.255 e. The van der Waals surface area contributed by atoms with E-state index in [1.807, 2.05) is 0 Å². The number of fused-ring (bicyclic) bond motifs is 2. The van der Waals surface area contributed by atoms with Gasteiger partial charge in [-0.05, 0) is 73.6 Å². The summed E-state index contributed by atoms with van der Waals surface area (Å²) >= 11 is 6.22. The maximum atomic E-state index is 13.6. The van der Waals surface area contributed by atoms with Gasteiger partial charge >= 0.3 is 0 Å². The number of aromatic nitrogens is 1. The molecule has 3 fully saturated rings. The van der Waals surface area contributed by atoms with Crippen molar-refractivity contribution in [2.75, 3.05) is 5.32 Å². The molecule has 0 aliphatic heterocycles. The SMILES string of the molecule is O=C(Nc1ccc(F)c(F)c1)c1ccc(Cl)c(S(=O)(=O)C2CC3CC(C2)C3(O)[C@@H](O)c2cccc(F)n2)c1. The molecule has 2 bridgehead atoms. The third-order valence-electron chi connectivity index (χ3n) is 7.54. The number of anilines is 1. The fourth-order valence-electron chi connectivity index (χ4n) is 5.53. The zero-order valence-corrected chi connectivity index (χ0v) is 21.2. The normalized spacial score (nSPS) is 25.4. The number of aliphatic hydroxyl groups is 2. The highest BCUT2D eigenvalue weighted by Crippen LogP contribution is 2.60. The van der Waals surface area contributed by atoms with Gasteiger partial charge in [0.25, 0.3) is 5.91 Å². The highest BCUT2D eigenvalue weighted by Gasteiger charge is 2.63.